The molecule has 220 valence electrons. The fraction of sp³-hybridized carbons (Fsp3) is 0.579. The van der Waals surface area contributed by atoms with Gasteiger partial charge in [-0.3, -0.25) is 0 Å². The standard InChI is InChI=1S/C38H58N2/c1-3-5-7-9-11-13-16-20-34-23-25-36(26-24-34)39-32-33-40-37-27-30-38(31-28-37,35-21-17-15-18-22-35)29-19-14-12-10-8-6-4-2/h15,17-18,21-28,30,39-40H,3-14,16,19-20,29,31-33H2,1-2H3. The summed E-state index contributed by atoms with van der Waals surface area (Å²) < 4.78 is 0. The predicted molar refractivity (Wildman–Crippen MR) is 177 cm³/mol. The first-order valence-electron chi connectivity index (χ1n) is 16.8. The number of allylic oxidation sites excluding steroid dienone is 3. The predicted octanol–water partition coefficient (Wildman–Crippen LogP) is 10.9. The molecule has 0 aliphatic heterocycles. The molecule has 2 aromatic carbocycles. The van der Waals surface area contributed by atoms with Crippen LogP contribution in [0, 0.1) is 0 Å². The van der Waals surface area contributed by atoms with E-state index in [9.17, 15) is 0 Å². The SMILES string of the molecule is CCCCCCCCCc1ccc(NCCNC2=CCC(CCCCCCCCC)(c3ccccc3)C=C2)cc1. The maximum Gasteiger partial charge on any atom is 0.0340 e. The highest BCUT2D eigenvalue weighted by atomic mass is 14.9. The van der Waals surface area contributed by atoms with Crippen LogP contribution in [0.2, 0.25) is 0 Å². The van der Waals surface area contributed by atoms with Gasteiger partial charge in [-0.2, -0.15) is 0 Å². The number of benzene rings is 2. The minimum absolute atomic E-state index is 0.144. The van der Waals surface area contributed by atoms with Crippen molar-refractivity contribution in [1.29, 1.82) is 0 Å². The molecule has 40 heavy (non-hydrogen) atoms. The fourth-order valence-corrected chi connectivity index (χ4v) is 6.01. The van der Waals surface area contributed by atoms with E-state index in [4.69, 9.17) is 0 Å². The highest BCUT2D eigenvalue weighted by Gasteiger charge is 2.29. The van der Waals surface area contributed by atoms with E-state index in [2.05, 4.69) is 97.3 Å². The van der Waals surface area contributed by atoms with Crippen molar-refractivity contribution >= 4 is 5.69 Å². The third-order valence-corrected chi connectivity index (χ3v) is 8.65. The van der Waals surface area contributed by atoms with Gasteiger partial charge in [-0.05, 0) is 55.0 Å². The fourth-order valence-electron chi connectivity index (χ4n) is 6.01. The Morgan fingerprint density at radius 2 is 1.23 bits per heavy atom. The molecule has 0 aromatic heterocycles. The summed E-state index contributed by atoms with van der Waals surface area (Å²) in [6.07, 6.45) is 29.9. The smallest absolute Gasteiger partial charge is 0.0340 e. The second-order valence-corrected chi connectivity index (χ2v) is 12.0. The van der Waals surface area contributed by atoms with Gasteiger partial charge in [-0.25, -0.2) is 0 Å². The van der Waals surface area contributed by atoms with Crippen molar-refractivity contribution in [3.8, 4) is 0 Å². The Hall–Kier alpha value is -2.48. The molecular formula is C38H58N2. The molecule has 1 aliphatic carbocycles. The van der Waals surface area contributed by atoms with Gasteiger partial charge in [-0.15, -0.1) is 0 Å². The van der Waals surface area contributed by atoms with Gasteiger partial charge in [0, 0.05) is 29.9 Å². The summed E-state index contributed by atoms with van der Waals surface area (Å²) in [6, 6.07) is 20.3. The van der Waals surface area contributed by atoms with Crippen LogP contribution in [0.25, 0.3) is 0 Å². The van der Waals surface area contributed by atoms with E-state index >= 15 is 0 Å². The lowest BCUT2D eigenvalue weighted by Gasteiger charge is -2.33. The van der Waals surface area contributed by atoms with Crippen LogP contribution in [0.1, 0.15) is 128 Å². The van der Waals surface area contributed by atoms with Gasteiger partial charge in [0.15, 0.2) is 0 Å². The molecule has 2 N–H and O–H groups in total. The summed E-state index contributed by atoms with van der Waals surface area (Å²) >= 11 is 0. The number of hydrogen-bond donors (Lipinski definition) is 2. The average molecular weight is 543 g/mol. The van der Waals surface area contributed by atoms with Gasteiger partial charge in [0.25, 0.3) is 0 Å². The number of aryl methyl sites for hydroxylation is 1. The summed E-state index contributed by atoms with van der Waals surface area (Å²) in [4.78, 5) is 0. The van der Waals surface area contributed by atoms with Crippen LogP contribution in [0.5, 0.6) is 0 Å². The number of anilines is 1. The van der Waals surface area contributed by atoms with Crippen LogP contribution < -0.4 is 10.6 Å². The first-order chi connectivity index (χ1) is 19.8. The Kier molecular flexibility index (Phi) is 15.7. The molecule has 2 heteroatoms. The molecule has 0 bridgehead atoms. The molecule has 0 amide bonds. The number of hydrogen-bond acceptors (Lipinski definition) is 2. The molecule has 1 unspecified atom stereocenters. The van der Waals surface area contributed by atoms with Crippen LogP contribution >= 0.6 is 0 Å². The average Bonchev–Trinajstić information content (AvgIpc) is 3.00. The summed E-state index contributed by atoms with van der Waals surface area (Å²) in [5.74, 6) is 0. The lowest BCUT2D eigenvalue weighted by atomic mass is 9.71. The van der Waals surface area contributed by atoms with Crippen molar-refractivity contribution in [3.05, 3.63) is 89.6 Å². The van der Waals surface area contributed by atoms with Crippen LogP contribution in [0.3, 0.4) is 0 Å². The van der Waals surface area contributed by atoms with E-state index in [1.165, 1.54) is 125 Å². The normalized spacial score (nSPS) is 16.6. The molecular weight excluding hydrogens is 484 g/mol. The second kappa shape index (κ2) is 19.6. The zero-order valence-electron chi connectivity index (χ0n) is 25.9. The summed E-state index contributed by atoms with van der Waals surface area (Å²) in [7, 11) is 0. The zero-order valence-corrected chi connectivity index (χ0v) is 25.9. The molecule has 1 atom stereocenters. The molecule has 3 rings (SSSR count). The van der Waals surface area contributed by atoms with E-state index < -0.39 is 0 Å². The highest BCUT2D eigenvalue weighted by molar-refractivity contribution is 5.44. The van der Waals surface area contributed by atoms with Gasteiger partial charge >= 0.3 is 0 Å². The molecule has 0 heterocycles. The molecule has 0 saturated carbocycles. The van der Waals surface area contributed by atoms with Gasteiger partial charge in [-0.1, -0.05) is 152 Å². The lowest BCUT2D eigenvalue weighted by Crippen LogP contribution is -2.28. The molecule has 2 aromatic rings. The van der Waals surface area contributed by atoms with Crippen molar-refractivity contribution < 1.29 is 0 Å². The van der Waals surface area contributed by atoms with E-state index in [1.54, 1.807) is 0 Å². The number of unbranched alkanes of at least 4 members (excludes halogenated alkanes) is 12. The minimum atomic E-state index is 0.144. The van der Waals surface area contributed by atoms with Crippen LogP contribution in [-0.4, -0.2) is 13.1 Å². The van der Waals surface area contributed by atoms with Crippen LogP contribution in [0.4, 0.5) is 5.69 Å². The quantitative estimate of drug-likeness (QED) is 0.145. The van der Waals surface area contributed by atoms with Gasteiger partial charge < -0.3 is 10.6 Å². The van der Waals surface area contributed by atoms with Crippen LogP contribution in [0.15, 0.2) is 78.5 Å². The summed E-state index contributed by atoms with van der Waals surface area (Å²) in [5, 5.41) is 7.24. The van der Waals surface area contributed by atoms with E-state index in [0.29, 0.717) is 0 Å². The molecule has 0 radical (unpaired) electrons. The van der Waals surface area contributed by atoms with Crippen molar-refractivity contribution in [2.75, 3.05) is 18.4 Å². The molecule has 1 aliphatic rings. The maximum absolute atomic E-state index is 3.65. The van der Waals surface area contributed by atoms with Crippen molar-refractivity contribution in [2.45, 2.75) is 128 Å². The Labute approximate surface area is 247 Å². The van der Waals surface area contributed by atoms with Crippen LogP contribution in [-0.2, 0) is 11.8 Å². The van der Waals surface area contributed by atoms with Crippen molar-refractivity contribution in [3.63, 3.8) is 0 Å². The summed E-state index contributed by atoms with van der Waals surface area (Å²) in [5.41, 5.74) is 5.55. The van der Waals surface area contributed by atoms with Gasteiger partial charge in [0.2, 0.25) is 0 Å². The van der Waals surface area contributed by atoms with Gasteiger partial charge in [0.1, 0.15) is 0 Å². The minimum Gasteiger partial charge on any atom is -0.384 e. The third kappa shape index (κ3) is 11.9. The van der Waals surface area contributed by atoms with E-state index in [-0.39, 0.29) is 5.41 Å². The Bertz CT molecular complexity index is 959. The van der Waals surface area contributed by atoms with E-state index in [1.807, 2.05) is 0 Å². The van der Waals surface area contributed by atoms with E-state index in [0.717, 1.165) is 19.5 Å². The Morgan fingerprint density at radius 3 is 1.85 bits per heavy atom. The third-order valence-electron chi connectivity index (χ3n) is 8.65. The molecule has 0 saturated heterocycles. The van der Waals surface area contributed by atoms with Gasteiger partial charge in [0.05, 0.1) is 0 Å². The summed E-state index contributed by atoms with van der Waals surface area (Å²) in [6.45, 7) is 6.42. The first kappa shape index (κ1) is 32.0. The molecule has 0 fully saturated rings. The monoisotopic (exact) mass is 542 g/mol. The van der Waals surface area contributed by atoms with Crippen molar-refractivity contribution in [2.24, 2.45) is 0 Å². The molecule has 0 spiro atoms. The lowest BCUT2D eigenvalue weighted by molar-refractivity contribution is 0.449. The first-order valence-corrected chi connectivity index (χ1v) is 16.8. The zero-order chi connectivity index (χ0) is 28.1. The number of nitrogens with one attached hydrogen (secondary N) is 2. The molecule has 2 nitrogen and oxygen atoms in total. The topological polar surface area (TPSA) is 24.1 Å². The number of rotatable bonds is 22. The second-order valence-electron chi connectivity index (χ2n) is 12.0. The highest BCUT2D eigenvalue weighted by Crippen LogP contribution is 2.38. The maximum atomic E-state index is 3.65. The Morgan fingerprint density at radius 1 is 0.625 bits per heavy atom. The Balaban J connectivity index is 1.35. The van der Waals surface area contributed by atoms with Crippen molar-refractivity contribution in [1.82, 2.24) is 5.32 Å². The largest absolute Gasteiger partial charge is 0.384 e.